The molecular formula is C12H17NO. The molecule has 1 atom stereocenters. The van der Waals surface area contributed by atoms with Crippen LogP contribution in [0, 0.1) is 0 Å². The van der Waals surface area contributed by atoms with Crippen LogP contribution in [0.5, 0.6) is 0 Å². The van der Waals surface area contributed by atoms with E-state index in [9.17, 15) is 5.11 Å². The predicted molar refractivity (Wildman–Crippen MR) is 57.2 cm³/mol. The molecule has 2 rings (SSSR count). The first kappa shape index (κ1) is 9.69. The van der Waals surface area contributed by atoms with Gasteiger partial charge < -0.3 is 10.4 Å². The minimum atomic E-state index is -0.246. The highest BCUT2D eigenvalue weighted by molar-refractivity contribution is 5.33. The van der Waals surface area contributed by atoms with Crippen molar-refractivity contribution in [1.82, 2.24) is 5.32 Å². The minimum absolute atomic E-state index is 0.246. The van der Waals surface area contributed by atoms with E-state index in [2.05, 4.69) is 23.5 Å². The first-order valence-corrected chi connectivity index (χ1v) is 5.25. The zero-order valence-electron chi connectivity index (χ0n) is 8.59. The number of fused-ring (bicyclic) bond motifs is 1. The summed E-state index contributed by atoms with van der Waals surface area (Å²) in [6, 6.07) is 6.55. The van der Waals surface area contributed by atoms with Crippen molar-refractivity contribution in [1.29, 1.82) is 0 Å². The normalized spacial score (nSPS) is 17.6. The highest BCUT2D eigenvalue weighted by Gasteiger charge is 2.09. The summed E-state index contributed by atoms with van der Waals surface area (Å²) in [6.45, 7) is 3.89. The van der Waals surface area contributed by atoms with Gasteiger partial charge in [0.1, 0.15) is 0 Å². The molecule has 1 aromatic carbocycles. The van der Waals surface area contributed by atoms with Gasteiger partial charge in [0.25, 0.3) is 0 Å². The molecule has 0 saturated carbocycles. The molecule has 1 aliphatic heterocycles. The molecule has 1 aromatic rings. The Hall–Kier alpha value is -0.860. The highest BCUT2D eigenvalue weighted by atomic mass is 16.3. The van der Waals surface area contributed by atoms with Crippen LogP contribution in [-0.2, 0) is 19.4 Å². The van der Waals surface area contributed by atoms with Gasteiger partial charge >= 0.3 is 0 Å². The van der Waals surface area contributed by atoms with E-state index in [0.29, 0.717) is 0 Å². The molecule has 2 nitrogen and oxygen atoms in total. The standard InChI is InChI=1S/C12H17NO/c1-9(14)6-10-2-3-11-4-5-13-8-12(11)7-10/h2-3,7,9,13-14H,4-6,8H2,1H3. The number of aliphatic hydroxyl groups is 1. The first-order valence-electron chi connectivity index (χ1n) is 5.25. The molecule has 0 saturated heterocycles. The van der Waals surface area contributed by atoms with E-state index in [1.165, 1.54) is 16.7 Å². The Kier molecular flexibility index (Phi) is 2.85. The maximum Gasteiger partial charge on any atom is 0.0552 e. The number of hydrogen-bond donors (Lipinski definition) is 2. The van der Waals surface area contributed by atoms with Crippen LogP contribution in [0.3, 0.4) is 0 Å². The van der Waals surface area contributed by atoms with Gasteiger partial charge in [0.2, 0.25) is 0 Å². The van der Waals surface area contributed by atoms with Gasteiger partial charge in [0, 0.05) is 6.54 Å². The molecule has 0 spiro atoms. The Labute approximate surface area is 85.0 Å². The van der Waals surface area contributed by atoms with Crippen molar-refractivity contribution in [2.45, 2.75) is 32.4 Å². The van der Waals surface area contributed by atoms with Crippen LogP contribution < -0.4 is 5.32 Å². The molecule has 2 heteroatoms. The van der Waals surface area contributed by atoms with E-state index in [-0.39, 0.29) is 6.10 Å². The van der Waals surface area contributed by atoms with Gasteiger partial charge in [0.15, 0.2) is 0 Å². The van der Waals surface area contributed by atoms with Crippen LogP contribution in [0.4, 0.5) is 0 Å². The second kappa shape index (κ2) is 4.11. The van der Waals surface area contributed by atoms with Gasteiger partial charge in [-0.25, -0.2) is 0 Å². The van der Waals surface area contributed by atoms with Crippen molar-refractivity contribution in [2.75, 3.05) is 6.54 Å². The van der Waals surface area contributed by atoms with Gasteiger partial charge in [-0.15, -0.1) is 0 Å². The maximum atomic E-state index is 9.29. The Morgan fingerprint density at radius 1 is 1.43 bits per heavy atom. The maximum absolute atomic E-state index is 9.29. The Balaban J connectivity index is 2.20. The van der Waals surface area contributed by atoms with E-state index in [1.807, 2.05) is 6.92 Å². The van der Waals surface area contributed by atoms with Crippen molar-refractivity contribution < 1.29 is 5.11 Å². The molecule has 0 aliphatic carbocycles. The molecular weight excluding hydrogens is 174 g/mol. The van der Waals surface area contributed by atoms with Crippen molar-refractivity contribution in [2.24, 2.45) is 0 Å². The van der Waals surface area contributed by atoms with Gasteiger partial charge in [-0.1, -0.05) is 18.2 Å². The molecule has 0 radical (unpaired) electrons. The van der Waals surface area contributed by atoms with Crippen LogP contribution in [0.25, 0.3) is 0 Å². The second-order valence-electron chi connectivity index (χ2n) is 4.08. The third kappa shape index (κ3) is 2.14. The van der Waals surface area contributed by atoms with E-state index in [4.69, 9.17) is 0 Å². The summed E-state index contributed by atoms with van der Waals surface area (Å²) >= 11 is 0. The number of nitrogens with one attached hydrogen (secondary N) is 1. The number of aliphatic hydroxyl groups excluding tert-OH is 1. The monoisotopic (exact) mass is 191 g/mol. The van der Waals surface area contributed by atoms with Crippen molar-refractivity contribution in [3.63, 3.8) is 0 Å². The molecule has 1 aliphatic rings. The summed E-state index contributed by atoms with van der Waals surface area (Å²) in [5.74, 6) is 0. The van der Waals surface area contributed by atoms with Gasteiger partial charge in [-0.3, -0.25) is 0 Å². The number of rotatable bonds is 2. The number of hydrogen-bond acceptors (Lipinski definition) is 2. The van der Waals surface area contributed by atoms with E-state index >= 15 is 0 Å². The topological polar surface area (TPSA) is 32.3 Å². The summed E-state index contributed by atoms with van der Waals surface area (Å²) in [4.78, 5) is 0. The second-order valence-corrected chi connectivity index (χ2v) is 4.08. The lowest BCUT2D eigenvalue weighted by Crippen LogP contribution is -2.23. The third-order valence-electron chi connectivity index (χ3n) is 2.69. The van der Waals surface area contributed by atoms with E-state index in [1.54, 1.807) is 0 Å². The van der Waals surface area contributed by atoms with Crippen molar-refractivity contribution >= 4 is 0 Å². The zero-order valence-corrected chi connectivity index (χ0v) is 8.59. The molecule has 2 N–H and O–H groups in total. The van der Waals surface area contributed by atoms with Crippen LogP contribution in [-0.4, -0.2) is 17.8 Å². The average molecular weight is 191 g/mol. The summed E-state index contributed by atoms with van der Waals surface area (Å²) < 4.78 is 0. The Bertz CT molecular complexity index is 320. The molecule has 1 unspecified atom stereocenters. The molecule has 1 heterocycles. The summed E-state index contributed by atoms with van der Waals surface area (Å²) in [5, 5.41) is 12.7. The fourth-order valence-corrected chi connectivity index (χ4v) is 2.00. The van der Waals surface area contributed by atoms with Crippen LogP contribution in [0.1, 0.15) is 23.6 Å². The summed E-state index contributed by atoms with van der Waals surface area (Å²) in [6.07, 6.45) is 1.64. The highest BCUT2D eigenvalue weighted by Crippen LogP contribution is 2.16. The fraction of sp³-hybridized carbons (Fsp3) is 0.500. The molecule has 14 heavy (non-hydrogen) atoms. The van der Waals surface area contributed by atoms with Gasteiger partial charge in [-0.2, -0.15) is 0 Å². The Morgan fingerprint density at radius 2 is 2.29 bits per heavy atom. The molecule has 0 aromatic heterocycles. The van der Waals surface area contributed by atoms with E-state index in [0.717, 1.165) is 25.9 Å². The zero-order chi connectivity index (χ0) is 9.97. The largest absolute Gasteiger partial charge is 0.393 e. The van der Waals surface area contributed by atoms with Crippen LogP contribution in [0.15, 0.2) is 18.2 Å². The SMILES string of the molecule is CC(O)Cc1ccc2c(c1)CNCC2. The van der Waals surface area contributed by atoms with Crippen LogP contribution in [0.2, 0.25) is 0 Å². The lowest BCUT2D eigenvalue weighted by atomic mass is 9.97. The van der Waals surface area contributed by atoms with E-state index < -0.39 is 0 Å². The van der Waals surface area contributed by atoms with Gasteiger partial charge in [0.05, 0.1) is 6.10 Å². The molecule has 0 bridgehead atoms. The molecule has 0 fully saturated rings. The van der Waals surface area contributed by atoms with Crippen LogP contribution >= 0.6 is 0 Å². The minimum Gasteiger partial charge on any atom is -0.393 e. The van der Waals surface area contributed by atoms with Gasteiger partial charge in [-0.05, 0) is 43.0 Å². The molecule has 0 amide bonds. The predicted octanol–water partition coefficient (Wildman–Crippen LogP) is 1.26. The smallest absolute Gasteiger partial charge is 0.0552 e. The molecule has 76 valence electrons. The van der Waals surface area contributed by atoms with Crippen molar-refractivity contribution in [3.8, 4) is 0 Å². The first-order chi connectivity index (χ1) is 6.75. The summed E-state index contributed by atoms with van der Waals surface area (Å²) in [7, 11) is 0. The summed E-state index contributed by atoms with van der Waals surface area (Å²) in [5.41, 5.74) is 4.09. The lowest BCUT2D eigenvalue weighted by molar-refractivity contribution is 0.195. The fourth-order valence-electron chi connectivity index (χ4n) is 2.00. The lowest BCUT2D eigenvalue weighted by Gasteiger charge is -2.18. The number of benzene rings is 1. The van der Waals surface area contributed by atoms with Crippen molar-refractivity contribution in [3.05, 3.63) is 34.9 Å². The third-order valence-corrected chi connectivity index (χ3v) is 2.69. The Morgan fingerprint density at radius 3 is 3.07 bits per heavy atom. The quantitative estimate of drug-likeness (QED) is 0.737. The average Bonchev–Trinajstić information content (AvgIpc) is 2.17.